The minimum absolute atomic E-state index is 0.256. The number of hydrogen-bond donors (Lipinski definition) is 1. The second-order valence-corrected chi connectivity index (χ2v) is 9.91. The molecule has 0 bridgehead atoms. The molecule has 1 N–H and O–H groups in total. The van der Waals surface area contributed by atoms with Gasteiger partial charge in [-0.1, -0.05) is 72.5 Å². The van der Waals surface area contributed by atoms with Gasteiger partial charge in [-0.25, -0.2) is 9.59 Å². The molecular weight excluding hydrogens is 480 g/mol. The third-order valence-corrected chi connectivity index (χ3v) is 7.73. The van der Waals surface area contributed by atoms with Gasteiger partial charge in [0.1, 0.15) is 4.32 Å². The molecule has 0 aromatic heterocycles. The number of carbonyl (C=O) groups excluding carboxylic acids is 2. The molecule has 2 aliphatic rings. The van der Waals surface area contributed by atoms with Crippen molar-refractivity contribution in [2.75, 3.05) is 50.5 Å². The Morgan fingerprint density at radius 3 is 2.31 bits per heavy atom. The summed E-state index contributed by atoms with van der Waals surface area (Å²) in [5, 5.41) is 2.94. The molecule has 1 atom stereocenters. The number of anilines is 1. The first kappa shape index (κ1) is 25.1. The number of urea groups is 1. The van der Waals surface area contributed by atoms with Gasteiger partial charge < -0.3 is 19.9 Å². The lowest BCUT2D eigenvalue weighted by molar-refractivity contribution is -0.139. The third kappa shape index (κ3) is 5.79. The fraction of sp³-hybridized carbons (Fsp3) is 0.346. The quantitative estimate of drug-likeness (QED) is 0.465. The highest BCUT2D eigenvalue weighted by atomic mass is 32.2. The van der Waals surface area contributed by atoms with Crippen molar-refractivity contribution in [3.8, 4) is 0 Å². The first-order chi connectivity index (χ1) is 17.0. The Kier molecular flexibility index (Phi) is 8.30. The first-order valence-corrected chi connectivity index (χ1v) is 13.1. The summed E-state index contributed by atoms with van der Waals surface area (Å²) in [5.41, 5.74) is 3.12. The van der Waals surface area contributed by atoms with E-state index in [1.54, 1.807) is 14.0 Å². The fourth-order valence-corrected chi connectivity index (χ4v) is 5.62. The number of nitrogens with one attached hydrogen (secondary N) is 1. The van der Waals surface area contributed by atoms with Crippen LogP contribution in [0.2, 0.25) is 0 Å². The molecule has 2 heterocycles. The second-order valence-electron chi connectivity index (χ2n) is 8.30. The van der Waals surface area contributed by atoms with Crippen LogP contribution in [0, 0.1) is 0 Å². The normalized spacial score (nSPS) is 18.4. The van der Waals surface area contributed by atoms with E-state index in [9.17, 15) is 9.59 Å². The average molecular weight is 511 g/mol. The Hall–Kier alpha value is -3.04. The number of amides is 2. The van der Waals surface area contributed by atoms with Gasteiger partial charge in [-0.3, -0.25) is 4.90 Å². The molecule has 0 radical (unpaired) electrons. The highest BCUT2D eigenvalue weighted by molar-refractivity contribution is 8.23. The van der Waals surface area contributed by atoms with Gasteiger partial charge in [-0.05, 0) is 24.6 Å². The molecule has 184 valence electrons. The van der Waals surface area contributed by atoms with Gasteiger partial charge in [-0.15, -0.1) is 0 Å². The Balaban J connectivity index is 1.49. The lowest BCUT2D eigenvalue weighted by Crippen LogP contribution is -2.48. The van der Waals surface area contributed by atoms with Crippen LogP contribution in [-0.4, -0.2) is 71.7 Å². The largest absolute Gasteiger partial charge is 0.463 e. The SMILES string of the molecule is CCOC(=O)C1=C(CSC(=S)N2CCN(c3ccccc3)CC2)N(C)C(=O)NC1c1ccccc1. The van der Waals surface area contributed by atoms with E-state index < -0.39 is 12.0 Å². The minimum Gasteiger partial charge on any atom is -0.463 e. The summed E-state index contributed by atoms with van der Waals surface area (Å²) in [7, 11) is 1.67. The van der Waals surface area contributed by atoms with Gasteiger partial charge in [0.05, 0.1) is 18.2 Å². The van der Waals surface area contributed by atoms with Crippen LogP contribution >= 0.6 is 24.0 Å². The number of benzene rings is 2. The standard InChI is InChI=1S/C26H30N4O3S2/c1-3-33-24(31)22-21(28(2)25(32)27-23(22)19-10-6-4-7-11-19)18-35-26(34)30-16-14-29(15-17-30)20-12-8-5-9-13-20/h4-13,23H,3,14-18H2,1-2H3,(H,27,32). The van der Waals surface area contributed by atoms with E-state index >= 15 is 0 Å². The van der Waals surface area contributed by atoms with Crippen molar-refractivity contribution in [1.82, 2.24) is 15.1 Å². The predicted octanol–water partition coefficient (Wildman–Crippen LogP) is 4.04. The zero-order valence-electron chi connectivity index (χ0n) is 20.0. The number of nitrogens with zero attached hydrogens (tertiary/aromatic N) is 3. The van der Waals surface area contributed by atoms with Crippen LogP contribution in [0.15, 0.2) is 71.9 Å². The zero-order valence-corrected chi connectivity index (χ0v) is 21.6. The smallest absolute Gasteiger partial charge is 0.338 e. The van der Waals surface area contributed by atoms with Crippen molar-refractivity contribution >= 4 is 46.0 Å². The summed E-state index contributed by atoms with van der Waals surface area (Å²) < 4.78 is 6.16. The predicted molar refractivity (Wildman–Crippen MR) is 144 cm³/mol. The summed E-state index contributed by atoms with van der Waals surface area (Å²) in [6.45, 7) is 5.46. The van der Waals surface area contributed by atoms with Crippen LogP contribution in [0.1, 0.15) is 18.5 Å². The summed E-state index contributed by atoms with van der Waals surface area (Å²) >= 11 is 7.24. The molecule has 2 aromatic rings. The molecule has 0 saturated carbocycles. The molecule has 2 amide bonds. The van der Waals surface area contributed by atoms with E-state index in [1.807, 2.05) is 36.4 Å². The lowest BCUT2D eigenvalue weighted by Gasteiger charge is -2.38. The molecule has 1 saturated heterocycles. The minimum atomic E-state index is -0.572. The number of para-hydroxylation sites is 1. The van der Waals surface area contributed by atoms with Crippen LogP contribution in [0.3, 0.4) is 0 Å². The van der Waals surface area contributed by atoms with Gasteiger partial charge in [0.2, 0.25) is 0 Å². The molecule has 35 heavy (non-hydrogen) atoms. The second kappa shape index (κ2) is 11.6. The number of ether oxygens (including phenoxy) is 1. The highest BCUT2D eigenvalue weighted by Crippen LogP contribution is 2.33. The number of thiocarbonyl (C=S) groups is 1. The van der Waals surface area contributed by atoms with Crippen molar-refractivity contribution in [2.24, 2.45) is 0 Å². The number of carbonyl (C=O) groups is 2. The number of thioether (sulfide) groups is 1. The molecule has 1 fully saturated rings. The monoisotopic (exact) mass is 510 g/mol. The molecule has 0 spiro atoms. The molecule has 1 unspecified atom stereocenters. The van der Waals surface area contributed by atoms with E-state index in [2.05, 4.69) is 39.4 Å². The van der Waals surface area contributed by atoms with Crippen LogP contribution in [0.25, 0.3) is 0 Å². The summed E-state index contributed by atoms with van der Waals surface area (Å²) in [6, 6.07) is 19.0. The van der Waals surface area contributed by atoms with Gasteiger partial charge in [0.15, 0.2) is 0 Å². The van der Waals surface area contributed by atoms with Gasteiger partial charge in [-0.2, -0.15) is 0 Å². The van der Waals surface area contributed by atoms with Gasteiger partial charge in [0.25, 0.3) is 0 Å². The Morgan fingerprint density at radius 1 is 1.06 bits per heavy atom. The molecule has 2 aromatic carbocycles. The Labute approximate surface area is 216 Å². The van der Waals surface area contributed by atoms with Crippen molar-refractivity contribution in [1.29, 1.82) is 0 Å². The number of hydrogen-bond acceptors (Lipinski definition) is 6. The van der Waals surface area contributed by atoms with Crippen LogP contribution < -0.4 is 10.2 Å². The number of esters is 1. The molecule has 9 heteroatoms. The maximum atomic E-state index is 13.0. The average Bonchev–Trinajstić information content (AvgIpc) is 2.90. The van der Waals surface area contributed by atoms with Crippen LogP contribution in [0.5, 0.6) is 0 Å². The van der Waals surface area contributed by atoms with Crippen molar-refractivity contribution in [3.63, 3.8) is 0 Å². The Morgan fingerprint density at radius 2 is 1.69 bits per heavy atom. The van der Waals surface area contributed by atoms with Crippen molar-refractivity contribution in [2.45, 2.75) is 13.0 Å². The van der Waals surface area contributed by atoms with Crippen LogP contribution in [-0.2, 0) is 9.53 Å². The number of piperazine rings is 1. The van der Waals surface area contributed by atoms with Crippen LogP contribution in [0.4, 0.5) is 10.5 Å². The van der Waals surface area contributed by atoms with E-state index in [4.69, 9.17) is 17.0 Å². The maximum Gasteiger partial charge on any atom is 0.338 e. The topological polar surface area (TPSA) is 65.1 Å². The van der Waals surface area contributed by atoms with E-state index in [0.717, 1.165) is 36.1 Å². The summed E-state index contributed by atoms with van der Waals surface area (Å²) in [4.78, 5) is 31.9. The lowest BCUT2D eigenvalue weighted by atomic mass is 9.95. The fourth-order valence-electron chi connectivity index (χ4n) is 4.28. The van der Waals surface area contributed by atoms with E-state index in [-0.39, 0.29) is 12.6 Å². The van der Waals surface area contributed by atoms with Crippen molar-refractivity contribution < 1.29 is 14.3 Å². The molecule has 0 aliphatic carbocycles. The summed E-state index contributed by atoms with van der Waals surface area (Å²) in [6.07, 6.45) is 0. The van der Waals surface area contributed by atoms with Gasteiger partial charge >= 0.3 is 12.0 Å². The van der Waals surface area contributed by atoms with Gasteiger partial charge in [0, 0.05) is 50.4 Å². The zero-order chi connectivity index (χ0) is 24.8. The third-order valence-electron chi connectivity index (χ3n) is 6.20. The Bertz CT molecular complexity index is 1090. The maximum absolute atomic E-state index is 13.0. The van der Waals surface area contributed by atoms with Crippen molar-refractivity contribution in [3.05, 3.63) is 77.5 Å². The first-order valence-electron chi connectivity index (χ1n) is 11.7. The summed E-state index contributed by atoms with van der Waals surface area (Å²) in [5.74, 6) is -0.0229. The van der Waals surface area contributed by atoms with E-state index in [0.29, 0.717) is 17.0 Å². The number of rotatable bonds is 6. The highest BCUT2D eigenvalue weighted by Gasteiger charge is 2.37. The molecule has 4 rings (SSSR count). The molecular formula is C26H30N4O3S2. The molecule has 2 aliphatic heterocycles. The molecule has 7 nitrogen and oxygen atoms in total. The van der Waals surface area contributed by atoms with E-state index in [1.165, 1.54) is 22.3 Å².